The lowest BCUT2D eigenvalue weighted by molar-refractivity contribution is -0.143. The second kappa shape index (κ2) is 6.96. The largest absolute Gasteiger partial charge is 0.465 e. The van der Waals surface area contributed by atoms with E-state index in [1.54, 1.807) is 18.4 Å². The first kappa shape index (κ1) is 14.4. The molecule has 1 heterocycles. The van der Waals surface area contributed by atoms with E-state index in [-0.39, 0.29) is 12.5 Å². The molecule has 0 saturated carbocycles. The highest BCUT2D eigenvalue weighted by molar-refractivity contribution is 7.08. The van der Waals surface area contributed by atoms with E-state index in [1.165, 1.54) is 16.2 Å². The molecule has 0 atom stereocenters. The maximum Gasteiger partial charge on any atom is 0.325 e. The van der Waals surface area contributed by atoms with Crippen LogP contribution in [0.1, 0.15) is 22.8 Å². The molecule has 4 nitrogen and oxygen atoms in total. The van der Waals surface area contributed by atoms with E-state index in [2.05, 4.69) is 6.58 Å². The Balaban J connectivity index is 2.78. The van der Waals surface area contributed by atoms with E-state index < -0.39 is 5.97 Å². The summed E-state index contributed by atoms with van der Waals surface area (Å²) in [6, 6.07) is 0. The van der Waals surface area contributed by atoms with Crippen LogP contribution in [-0.4, -0.2) is 36.5 Å². The summed E-state index contributed by atoms with van der Waals surface area (Å²) in [4.78, 5) is 25.1. The molecule has 0 bridgehead atoms. The van der Waals surface area contributed by atoms with Crippen molar-refractivity contribution in [3.63, 3.8) is 0 Å². The molecule has 1 aromatic rings. The number of nitrogens with zero attached hydrogens (tertiary/aromatic N) is 1. The first-order valence-electron chi connectivity index (χ1n) is 5.68. The third-order valence-corrected chi connectivity index (χ3v) is 3.21. The van der Waals surface area contributed by atoms with Crippen molar-refractivity contribution in [3.8, 4) is 0 Å². The van der Waals surface area contributed by atoms with E-state index in [0.717, 1.165) is 5.56 Å². The number of carbonyl (C=O) groups is 2. The zero-order valence-electron chi connectivity index (χ0n) is 10.6. The van der Waals surface area contributed by atoms with Gasteiger partial charge in [0.1, 0.15) is 6.54 Å². The van der Waals surface area contributed by atoms with Crippen LogP contribution in [0.5, 0.6) is 0 Å². The molecule has 0 aliphatic rings. The summed E-state index contributed by atoms with van der Waals surface area (Å²) in [5, 5.41) is 3.70. The highest BCUT2D eigenvalue weighted by atomic mass is 32.1. The van der Waals surface area contributed by atoms with Crippen molar-refractivity contribution in [1.29, 1.82) is 0 Å². The molecule has 0 fully saturated rings. The normalized spacial score (nSPS) is 9.89. The van der Waals surface area contributed by atoms with Crippen molar-refractivity contribution < 1.29 is 14.3 Å². The SMILES string of the molecule is C=CCN(CC(=O)OCC)C(=O)c1cscc1C. The first-order chi connectivity index (χ1) is 8.60. The van der Waals surface area contributed by atoms with Gasteiger partial charge in [0.25, 0.3) is 5.91 Å². The summed E-state index contributed by atoms with van der Waals surface area (Å²) in [6.45, 7) is 7.80. The number of carbonyl (C=O) groups excluding carboxylic acids is 2. The van der Waals surface area contributed by atoms with Gasteiger partial charge in [0.2, 0.25) is 0 Å². The fourth-order valence-electron chi connectivity index (χ4n) is 1.49. The molecule has 1 rings (SSSR count). The molecule has 0 unspecified atom stereocenters. The van der Waals surface area contributed by atoms with Crippen LogP contribution < -0.4 is 0 Å². The van der Waals surface area contributed by atoms with Crippen LogP contribution in [0, 0.1) is 6.92 Å². The Hall–Kier alpha value is -1.62. The molecule has 0 radical (unpaired) electrons. The Morgan fingerprint density at radius 2 is 2.22 bits per heavy atom. The Kier molecular flexibility index (Phi) is 5.58. The van der Waals surface area contributed by atoms with E-state index in [0.29, 0.717) is 18.7 Å². The van der Waals surface area contributed by atoms with Gasteiger partial charge in [0.05, 0.1) is 12.2 Å². The summed E-state index contributed by atoms with van der Waals surface area (Å²) < 4.78 is 4.85. The van der Waals surface area contributed by atoms with E-state index >= 15 is 0 Å². The van der Waals surface area contributed by atoms with Crippen LogP contribution in [0.4, 0.5) is 0 Å². The fourth-order valence-corrected chi connectivity index (χ4v) is 2.31. The van der Waals surface area contributed by atoms with Gasteiger partial charge in [0.15, 0.2) is 0 Å². The second-order valence-corrected chi connectivity index (χ2v) is 4.49. The lowest BCUT2D eigenvalue weighted by atomic mass is 10.2. The predicted molar refractivity (Wildman–Crippen MR) is 71.8 cm³/mol. The van der Waals surface area contributed by atoms with E-state index in [9.17, 15) is 9.59 Å². The highest BCUT2D eigenvalue weighted by Crippen LogP contribution is 2.16. The van der Waals surface area contributed by atoms with Gasteiger partial charge in [-0.25, -0.2) is 0 Å². The van der Waals surface area contributed by atoms with Crippen LogP contribution >= 0.6 is 11.3 Å². The quantitative estimate of drug-likeness (QED) is 0.586. The zero-order chi connectivity index (χ0) is 13.5. The van der Waals surface area contributed by atoms with Gasteiger partial charge in [-0.05, 0) is 24.8 Å². The third kappa shape index (κ3) is 3.70. The van der Waals surface area contributed by atoms with Crippen LogP contribution in [0.3, 0.4) is 0 Å². The zero-order valence-corrected chi connectivity index (χ0v) is 11.5. The van der Waals surface area contributed by atoms with Crippen molar-refractivity contribution in [2.45, 2.75) is 13.8 Å². The Bertz CT molecular complexity index is 439. The molecule has 1 aromatic heterocycles. The molecular weight excluding hydrogens is 250 g/mol. The summed E-state index contributed by atoms with van der Waals surface area (Å²) in [5.41, 5.74) is 1.55. The summed E-state index contributed by atoms with van der Waals surface area (Å²) in [6.07, 6.45) is 1.60. The van der Waals surface area contributed by atoms with Gasteiger partial charge < -0.3 is 9.64 Å². The lowest BCUT2D eigenvalue weighted by Crippen LogP contribution is -2.36. The minimum Gasteiger partial charge on any atom is -0.465 e. The molecular formula is C13H17NO3S. The average molecular weight is 267 g/mol. The van der Waals surface area contributed by atoms with E-state index in [1.807, 2.05) is 12.3 Å². The van der Waals surface area contributed by atoms with Crippen molar-refractivity contribution in [3.05, 3.63) is 34.5 Å². The summed E-state index contributed by atoms with van der Waals surface area (Å²) in [7, 11) is 0. The maximum atomic E-state index is 12.2. The molecule has 0 aliphatic carbocycles. The minimum atomic E-state index is -0.402. The maximum absolute atomic E-state index is 12.2. The molecule has 98 valence electrons. The van der Waals surface area contributed by atoms with Gasteiger partial charge >= 0.3 is 5.97 Å². The Morgan fingerprint density at radius 3 is 2.72 bits per heavy atom. The summed E-state index contributed by atoms with van der Waals surface area (Å²) in [5.74, 6) is -0.567. The number of ether oxygens (including phenoxy) is 1. The smallest absolute Gasteiger partial charge is 0.325 e. The number of esters is 1. The van der Waals surface area contributed by atoms with Crippen molar-refractivity contribution in [2.24, 2.45) is 0 Å². The van der Waals surface area contributed by atoms with Gasteiger partial charge in [0, 0.05) is 11.9 Å². The Labute approximate surface area is 111 Å². The number of hydrogen-bond acceptors (Lipinski definition) is 4. The number of hydrogen-bond donors (Lipinski definition) is 0. The van der Waals surface area contributed by atoms with Crippen LogP contribution in [0.25, 0.3) is 0 Å². The predicted octanol–water partition coefficient (Wildman–Crippen LogP) is 2.25. The molecule has 5 heteroatoms. The standard InChI is InChI=1S/C13H17NO3S/c1-4-6-14(7-12(15)17-5-2)13(16)11-9-18-8-10(11)3/h4,8-9H,1,5-7H2,2-3H3. The third-order valence-electron chi connectivity index (χ3n) is 2.35. The number of amides is 1. The van der Waals surface area contributed by atoms with Crippen molar-refractivity contribution in [1.82, 2.24) is 4.90 Å². The van der Waals surface area contributed by atoms with Crippen molar-refractivity contribution >= 4 is 23.2 Å². The van der Waals surface area contributed by atoms with E-state index in [4.69, 9.17) is 4.74 Å². The number of thiophene rings is 1. The minimum absolute atomic E-state index is 0.0476. The molecule has 18 heavy (non-hydrogen) atoms. The molecule has 0 spiro atoms. The van der Waals surface area contributed by atoms with Crippen LogP contribution in [-0.2, 0) is 9.53 Å². The molecule has 0 aromatic carbocycles. The first-order valence-corrected chi connectivity index (χ1v) is 6.63. The molecule has 0 aliphatic heterocycles. The second-order valence-electron chi connectivity index (χ2n) is 3.75. The van der Waals surface area contributed by atoms with Gasteiger partial charge in [-0.15, -0.1) is 6.58 Å². The summed E-state index contributed by atoms with van der Waals surface area (Å²) >= 11 is 1.47. The molecule has 0 N–H and O–H groups in total. The Morgan fingerprint density at radius 1 is 1.50 bits per heavy atom. The van der Waals surface area contributed by atoms with Crippen LogP contribution in [0.2, 0.25) is 0 Å². The number of aryl methyl sites for hydroxylation is 1. The van der Waals surface area contributed by atoms with Crippen molar-refractivity contribution in [2.75, 3.05) is 19.7 Å². The monoisotopic (exact) mass is 267 g/mol. The van der Waals surface area contributed by atoms with Crippen LogP contribution in [0.15, 0.2) is 23.4 Å². The fraction of sp³-hybridized carbons (Fsp3) is 0.385. The average Bonchev–Trinajstić information content (AvgIpc) is 2.74. The molecule has 0 saturated heterocycles. The molecule has 1 amide bonds. The topological polar surface area (TPSA) is 46.6 Å². The van der Waals surface area contributed by atoms with Gasteiger partial charge in [-0.3, -0.25) is 9.59 Å². The van der Waals surface area contributed by atoms with Gasteiger partial charge in [-0.1, -0.05) is 6.08 Å². The lowest BCUT2D eigenvalue weighted by Gasteiger charge is -2.19. The number of rotatable bonds is 6. The van der Waals surface area contributed by atoms with Gasteiger partial charge in [-0.2, -0.15) is 11.3 Å². The highest BCUT2D eigenvalue weighted by Gasteiger charge is 2.20.